The maximum atomic E-state index is 9.76. The average Bonchev–Trinajstić information content (AvgIpc) is 3.94. The second-order valence-electron chi connectivity index (χ2n) is 17.7. The number of fused-ring (bicyclic) bond motifs is 9. The Kier molecular flexibility index (Phi) is 7.28. The van der Waals surface area contributed by atoms with Crippen LogP contribution >= 0.6 is 0 Å². The summed E-state index contributed by atoms with van der Waals surface area (Å²) in [6, 6.07) is 66.7. The first-order chi connectivity index (χ1) is 37.5. The topological polar surface area (TPSA) is 13.1 Å². The van der Waals surface area contributed by atoms with Crippen LogP contribution in [0.2, 0.25) is 0 Å². The van der Waals surface area contributed by atoms with Crippen LogP contribution in [0.5, 0.6) is 0 Å². The highest BCUT2D eigenvalue weighted by Crippen LogP contribution is 2.49. The molecule has 14 rings (SSSR count). The lowest BCUT2D eigenvalue weighted by atomic mass is 9.84. The minimum Gasteiger partial charge on any atom is -0.456 e. The smallest absolute Gasteiger partial charge is 0.136 e. The van der Waals surface area contributed by atoms with E-state index in [0.29, 0.717) is 27.9 Å². The lowest BCUT2D eigenvalue weighted by Crippen LogP contribution is -1.92. The fourth-order valence-electron chi connectivity index (χ4n) is 10.8. The van der Waals surface area contributed by atoms with Crippen LogP contribution in [-0.4, -0.2) is 0 Å². The van der Waals surface area contributed by atoms with Crippen molar-refractivity contribution in [3.8, 4) is 66.8 Å². The monoisotopic (exact) mass is 882 g/mol. The normalized spacial score (nSPS) is 13.4. The van der Waals surface area contributed by atoms with Crippen molar-refractivity contribution in [3.05, 3.63) is 255 Å². The van der Waals surface area contributed by atoms with Crippen LogP contribution in [0.4, 0.5) is 0 Å². The van der Waals surface area contributed by atoms with E-state index in [-0.39, 0.29) is 51.3 Å². The number of benzene rings is 13. The van der Waals surface area contributed by atoms with Gasteiger partial charge in [0.1, 0.15) is 11.2 Å². The highest BCUT2D eigenvalue weighted by Gasteiger charge is 2.23. The van der Waals surface area contributed by atoms with Gasteiger partial charge in [-0.2, -0.15) is 0 Å². The molecule has 0 aliphatic heterocycles. The van der Waals surface area contributed by atoms with Gasteiger partial charge in [-0.15, -0.1) is 0 Å². The van der Waals surface area contributed by atoms with Gasteiger partial charge < -0.3 is 4.42 Å². The van der Waals surface area contributed by atoms with E-state index >= 15 is 0 Å². The Labute approximate surface area is 411 Å². The minimum atomic E-state index is -0.453. The summed E-state index contributed by atoms with van der Waals surface area (Å²) in [5.41, 5.74) is 11.1. The van der Waals surface area contributed by atoms with Crippen molar-refractivity contribution in [2.45, 2.75) is 0 Å². The fourth-order valence-corrected chi connectivity index (χ4v) is 10.8. The molecule has 1 nitrogen and oxygen atoms in total. The molecular weight excluding hydrogens is 833 g/mol. The van der Waals surface area contributed by atoms with Crippen LogP contribution in [0.3, 0.4) is 0 Å². The fraction of sp³-hybridized carbons (Fsp3) is 0. The quantitative estimate of drug-likeness (QED) is 0.120. The van der Waals surface area contributed by atoms with Crippen LogP contribution in [0.25, 0.3) is 143 Å². The molecule has 1 aromatic heterocycles. The molecule has 0 N–H and O–H groups in total. The molecule has 1 heterocycles. The van der Waals surface area contributed by atoms with Crippen molar-refractivity contribution in [1.82, 2.24) is 0 Å². The van der Waals surface area contributed by atoms with E-state index in [0.717, 1.165) is 82.2 Å². The molecule has 0 fully saturated rings. The lowest BCUT2D eigenvalue weighted by molar-refractivity contribution is 0.669. The number of hydrogen-bond acceptors (Lipinski definition) is 1. The second kappa shape index (κ2) is 15.8. The number of hydrogen-bond donors (Lipinski definition) is 0. The molecule has 0 aliphatic carbocycles. The van der Waals surface area contributed by atoms with E-state index in [1.807, 2.05) is 103 Å². The first-order valence-corrected chi connectivity index (χ1v) is 23.2. The lowest BCUT2D eigenvalue weighted by Gasteiger charge is -2.19. The molecule has 0 saturated heterocycles. The molecule has 0 atom stereocenters. The highest BCUT2D eigenvalue weighted by molar-refractivity contribution is 6.26. The molecule has 0 aliphatic rings. The van der Waals surface area contributed by atoms with E-state index in [1.54, 1.807) is 0 Å². The summed E-state index contributed by atoms with van der Waals surface area (Å²) < 4.78 is 82.2. The van der Waals surface area contributed by atoms with Gasteiger partial charge in [0.05, 0.1) is 11.0 Å². The summed E-state index contributed by atoms with van der Waals surface area (Å²) in [4.78, 5) is 0. The number of furan rings is 1. The van der Waals surface area contributed by atoms with Crippen molar-refractivity contribution in [3.63, 3.8) is 0 Å². The third-order valence-electron chi connectivity index (χ3n) is 13.9. The van der Waals surface area contributed by atoms with Gasteiger partial charge in [0.15, 0.2) is 0 Å². The van der Waals surface area contributed by atoms with Crippen molar-refractivity contribution in [2.24, 2.45) is 0 Å². The molecule has 320 valence electrons. The van der Waals surface area contributed by atoms with E-state index in [1.165, 1.54) is 5.39 Å². The summed E-state index contributed by atoms with van der Waals surface area (Å²) in [5, 5.41) is 8.17. The van der Waals surface area contributed by atoms with E-state index in [4.69, 9.17) is 9.90 Å². The van der Waals surface area contributed by atoms with Gasteiger partial charge >= 0.3 is 0 Å². The van der Waals surface area contributed by atoms with E-state index in [9.17, 15) is 5.48 Å². The molecule has 13 aromatic carbocycles. The first kappa shape index (κ1) is 31.8. The molecule has 14 aromatic rings. The van der Waals surface area contributed by atoms with E-state index in [2.05, 4.69) is 103 Å². The van der Waals surface area contributed by atoms with Gasteiger partial charge in [0.25, 0.3) is 0 Å². The molecule has 0 unspecified atom stereocenters. The van der Waals surface area contributed by atoms with Gasteiger partial charge in [-0.25, -0.2) is 0 Å². The summed E-state index contributed by atoms with van der Waals surface area (Å²) in [6.07, 6.45) is 0. The zero-order chi connectivity index (χ0) is 52.4. The third kappa shape index (κ3) is 6.32. The Morgan fingerprint density at radius 1 is 0.261 bits per heavy atom. The Morgan fingerprint density at radius 3 is 1.61 bits per heavy atom. The Balaban J connectivity index is 1.07. The Morgan fingerprint density at radius 2 is 0.841 bits per heavy atom. The van der Waals surface area contributed by atoms with Crippen molar-refractivity contribution >= 4 is 75.8 Å². The van der Waals surface area contributed by atoms with Gasteiger partial charge in [0, 0.05) is 16.3 Å². The molecule has 0 spiro atoms. The predicted molar refractivity (Wildman–Crippen MR) is 294 cm³/mol. The SMILES string of the molecule is [2H]c1c([2H])c([2H])c2c(-c3cccc4c3ccc3ccccc34)c3c([2H])c([2H])c([2H])c([2H])c3c(-c3ccc4oc5ccc(-c6ccc(-c7ccc8ccccc8c7)c(-c7ccccc7)c6)c(-c6ccccc6)c5c4c3)c2c1[2H]. The highest BCUT2D eigenvalue weighted by atomic mass is 16.3. The maximum Gasteiger partial charge on any atom is 0.136 e. The minimum absolute atomic E-state index is 0.150. The van der Waals surface area contributed by atoms with Gasteiger partial charge in [-0.3, -0.25) is 0 Å². The summed E-state index contributed by atoms with van der Waals surface area (Å²) in [6.45, 7) is 0. The predicted octanol–water partition coefficient (Wildman–Crippen LogP) is 19.4. The van der Waals surface area contributed by atoms with E-state index < -0.39 is 24.2 Å². The zero-order valence-electron chi connectivity index (χ0n) is 45.0. The Bertz CT molecular complexity index is 4750. The molecule has 0 bridgehead atoms. The van der Waals surface area contributed by atoms with Crippen LogP contribution in [0.15, 0.2) is 259 Å². The summed E-state index contributed by atoms with van der Waals surface area (Å²) >= 11 is 0. The van der Waals surface area contributed by atoms with Crippen molar-refractivity contribution < 1.29 is 15.4 Å². The van der Waals surface area contributed by atoms with Crippen LogP contribution in [-0.2, 0) is 0 Å². The van der Waals surface area contributed by atoms with Crippen LogP contribution < -0.4 is 0 Å². The van der Waals surface area contributed by atoms with Crippen LogP contribution in [0, 0.1) is 0 Å². The summed E-state index contributed by atoms with van der Waals surface area (Å²) in [7, 11) is 0. The first-order valence-electron chi connectivity index (χ1n) is 27.2. The largest absolute Gasteiger partial charge is 0.456 e. The van der Waals surface area contributed by atoms with Gasteiger partial charge in [-0.05, 0) is 145 Å². The molecule has 1 heteroatoms. The van der Waals surface area contributed by atoms with Crippen molar-refractivity contribution in [2.75, 3.05) is 0 Å². The maximum absolute atomic E-state index is 9.76. The average molecular weight is 883 g/mol. The molecule has 69 heavy (non-hydrogen) atoms. The zero-order valence-corrected chi connectivity index (χ0v) is 37.0. The molecule has 0 radical (unpaired) electrons. The van der Waals surface area contributed by atoms with Gasteiger partial charge in [0.2, 0.25) is 0 Å². The second-order valence-corrected chi connectivity index (χ2v) is 17.7. The molecule has 0 saturated carbocycles. The summed E-state index contributed by atoms with van der Waals surface area (Å²) in [5.74, 6) is 0. The van der Waals surface area contributed by atoms with Crippen LogP contribution in [0.1, 0.15) is 11.0 Å². The third-order valence-corrected chi connectivity index (χ3v) is 13.9. The molecular formula is C68H42O. The molecule has 0 amide bonds. The number of rotatable bonds is 6. The Hall–Kier alpha value is -9.04. The van der Waals surface area contributed by atoms with Gasteiger partial charge in [-0.1, -0.05) is 224 Å². The standard InChI is InChI=1S/C68H42O/c1-3-17-44(18-4-1)61-41-49(33-35-52(61)48-31-30-43-16-7-8-22-47(43)40-48)53-37-39-64-68(66(53)46-20-5-2-6-21-46)62-42-50(34-38-63(62)69-64)65-57-24-11-13-26-59(57)67(60-27-14-12-25-58(60)65)56-29-15-28-54-51-23-10-9-19-45(51)32-36-55(54)56/h1-42H/i11D,12D,13D,14D,24D,25D,26D,27D. The van der Waals surface area contributed by atoms with Crippen molar-refractivity contribution in [1.29, 1.82) is 0 Å².